The summed E-state index contributed by atoms with van der Waals surface area (Å²) in [4.78, 5) is 14.6. The predicted octanol–water partition coefficient (Wildman–Crippen LogP) is 1.38. The van der Waals surface area contributed by atoms with Crippen molar-refractivity contribution >= 4 is 21.6 Å². The summed E-state index contributed by atoms with van der Waals surface area (Å²) in [6, 6.07) is 6.37. The number of ether oxygens (including phenoxy) is 1. The van der Waals surface area contributed by atoms with E-state index < -0.39 is 10.0 Å². The third-order valence-electron chi connectivity index (χ3n) is 4.99. The highest BCUT2D eigenvalue weighted by atomic mass is 32.2. The molecule has 2 saturated heterocycles. The van der Waals surface area contributed by atoms with E-state index in [2.05, 4.69) is 17.1 Å². The Labute approximate surface area is 155 Å². The Kier molecular flexibility index (Phi) is 6.29. The van der Waals surface area contributed by atoms with E-state index in [0.29, 0.717) is 38.5 Å². The molecule has 0 unspecified atom stereocenters. The van der Waals surface area contributed by atoms with E-state index in [0.717, 1.165) is 31.8 Å². The molecule has 0 bridgehead atoms. The van der Waals surface area contributed by atoms with Gasteiger partial charge in [-0.2, -0.15) is 4.31 Å². The number of nitrogens with one attached hydrogen (secondary N) is 1. The van der Waals surface area contributed by atoms with Gasteiger partial charge in [0.15, 0.2) is 0 Å². The number of anilines is 1. The largest absolute Gasteiger partial charge is 0.379 e. The van der Waals surface area contributed by atoms with Crippen LogP contribution in [0.2, 0.25) is 0 Å². The van der Waals surface area contributed by atoms with Crippen molar-refractivity contribution in [2.45, 2.75) is 24.7 Å². The minimum Gasteiger partial charge on any atom is -0.379 e. The zero-order valence-electron chi connectivity index (χ0n) is 15.2. The van der Waals surface area contributed by atoms with Crippen molar-refractivity contribution in [3.05, 3.63) is 24.3 Å². The van der Waals surface area contributed by atoms with Crippen LogP contribution in [0.25, 0.3) is 0 Å². The number of hydrogen-bond donors (Lipinski definition) is 1. The van der Waals surface area contributed by atoms with Crippen LogP contribution >= 0.6 is 0 Å². The smallest absolute Gasteiger partial charge is 0.243 e. The van der Waals surface area contributed by atoms with Crippen LogP contribution in [-0.2, 0) is 19.6 Å². The lowest BCUT2D eigenvalue weighted by atomic mass is 9.99. The normalized spacial score (nSPS) is 20.8. The quantitative estimate of drug-likeness (QED) is 0.834. The number of carbonyl (C=O) groups is 1. The van der Waals surface area contributed by atoms with E-state index in [9.17, 15) is 13.2 Å². The molecule has 0 spiro atoms. The van der Waals surface area contributed by atoms with Gasteiger partial charge in [0.2, 0.25) is 15.9 Å². The lowest BCUT2D eigenvalue weighted by Crippen LogP contribution is -2.40. The summed E-state index contributed by atoms with van der Waals surface area (Å²) >= 11 is 0. The van der Waals surface area contributed by atoms with Gasteiger partial charge in [0.1, 0.15) is 0 Å². The number of benzene rings is 1. The van der Waals surface area contributed by atoms with Crippen molar-refractivity contribution in [1.82, 2.24) is 9.21 Å². The van der Waals surface area contributed by atoms with Gasteiger partial charge in [-0.3, -0.25) is 9.69 Å². The standard InChI is InChI=1S/C18H27N3O4S/c1-15-6-8-20(9-7-15)14-18(22)19-16-2-4-17(5-3-16)26(23,24)21-10-12-25-13-11-21/h2-5,15H,6-14H2,1H3,(H,19,22). The number of hydrogen-bond acceptors (Lipinski definition) is 5. The summed E-state index contributed by atoms with van der Waals surface area (Å²) in [6.07, 6.45) is 2.25. The number of nitrogens with zero attached hydrogens (tertiary/aromatic N) is 2. The number of likely N-dealkylation sites (tertiary alicyclic amines) is 1. The van der Waals surface area contributed by atoms with Crippen LogP contribution in [0.4, 0.5) is 5.69 Å². The molecule has 3 rings (SSSR count). The molecule has 1 aromatic rings. The third-order valence-corrected chi connectivity index (χ3v) is 6.90. The minimum atomic E-state index is -3.50. The van der Waals surface area contributed by atoms with Crippen molar-refractivity contribution < 1.29 is 17.9 Å². The van der Waals surface area contributed by atoms with Crippen LogP contribution in [0.1, 0.15) is 19.8 Å². The van der Waals surface area contributed by atoms with E-state index in [1.165, 1.54) is 4.31 Å². The molecule has 0 atom stereocenters. The first-order valence-corrected chi connectivity index (χ1v) is 10.6. The molecule has 0 radical (unpaired) electrons. The van der Waals surface area contributed by atoms with Crippen molar-refractivity contribution in [2.24, 2.45) is 5.92 Å². The molecule has 0 saturated carbocycles. The topological polar surface area (TPSA) is 79.0 Å². The molecular weight excluding hydrogens is 354 g/mol. The Morgan fingerprint density at radius 1 is 1.12 bits per heavy atom. The van der Waals surface area contributed by atoms with Crippen molar-refractivity contribution in [3.63, 3.8) is 0 Å². The van der Waals surface area contributed by atoms with Gasteiger partial charge in [-0.25, -0.2) is 8.42 Å². The summed E-state index contributed by atoms with van der Waals surface area (Å²) in [6.45, 7) is 6.09. The van der Waals surface area contributed by atoms with Gasteiger partial charge >= 0.3 is 0 Å². The Bertz CT molecular complexity index is 706. The zero-order valence-corrected chi connectivity index (χ0v) is 16.0. The number of amides is 1. The molecule has 1 amide bonds. The second-order valence-electron chi connectivity index (χ2n) is 7.05. The van der Waals surface area contributed by atoms with Crippen LogP contribution < -0.4 is 5.32 Å². The fourth-order valence-electron chi connectivity index (χ4n) is 3.27. The fraction of sp³-hybridized carbons (Fsp3) is 0.611. The molecule has 0 aliphatic carbocycles. The van der Waals surface area contributed by atoms with Gasteiger partial charge in [-0.1, -0.05) is 6.92 Å². The second-order valence-corrected chi connectivity index (χ2v) is 8.99. The van der Waals surface area contributed by atoms with Crippen LogP contribution in [0.5, 0.6) is 0 Å². The highest BCUT2D eigenvalue weighted by Gasteiger charge is 2.26. The van der Waals surface area contributed by atoms with E-state index in [1.54, 1.807) is 24.3 Å². The first-order chi connectivity index (χ1) is 12.4. The summed E-state index contributed by atoms with van der Waals surface area (Å²) < 4.78 is 31.8. The van der Waals surface area contributed by atoms with Crippen molar-refractivity contribution in [3.8, 4) is 0 Å². The van der Waals surface area contributed by atoms with Crippen molar-refractivity contribution in [1.29, 1.82) is 0 Å². The summed E-state index contributed by atoms with van der Waals surface area (Å²) in [5.74, 6) is 0.665. The SMILES string of the molecule is CC1CCN(CC(=O)Nc2ccc(S(=O)(=O)N3CCOCC3)cc2)CC1. The molecule has 8 heteroatoms. The molecule has 1 aromatic carbocycles. The van der Waals surface area contributed by atoms with E-state index in [4.69, 9.17) is 4.74 Å². The maximum absolute atomic E-state index is 12.6. The minimum absolute atomic E-state index is 0.0664. The van der Waals surface area contributed by atoms with E-state index in [1.807, 2.05) is 0 Å². The molecule has 1 N–H and O–H groups in total. The summed E-state index contributed by atoms with van der Waals surface area (Å²) in [5, 5.41) is 2.85. The van der Waals surface area contributed by atoms with E-state index in [-0.39, 0.29) is 10.8 Å². The summed E-state index contributed by atoms with van der Waals surface area (Å²) in [5.41, 5.74) is 0.612. The maximum atomic E-state index is 12.6. The monoisotopic (exact) mass is 381 g/mol. The summed E-state index contributed by atoms with van der Waals surface area (Å²) in [7, 11) is -3.50. The van der Waals surface area contributed by atoms with Gasteiger partial charge < -0.3 is 10.1 Å². The Morgan fingerprint density at radius 2 is 1.73 bits per heavy atom. The maximum Gasteiger partial charge on any atom is 0.243 e. The molecule has 26 heavy (non-hydrogen) atoms. The number of rotatable bonds is 5. The number of carbonyl (C=O) groups excluding carboxylic acids is 1. The first-order valence-electron chi connectivity index (χ1n) is 9.15. The second kappa shape index (κ2) is 8.47. The highest BCUT2D eigenvalue weighted by Crippen LogP contribution is 2.20. The predicted molar refractivity (Wildman–Crippen MR) is 99.5 cm³/mol. The Hall–Kier alpha value is -1.48. The lowest BCUT2D eigenvalue weighted by molar-refractivity contribution is -0.117. The van der Waals surface area contributed by atoms with E-state index >= 15 is 0 Å². The zero-order chi connectivity index (χ0) is 18.6. The van der Waals surface area contributed by atoms with Gasteiger partial charge in [0, 0.05) is 18.8 Å². The van der Waals surface area contributed by atoms with Gasteiger partial charge in [0.05, 0.1) is 24.7 Å². The lowest BCUT2D eigenvalue weighted by Gasteiger charge is -2.29. The average Bonchev–Trinajstić information content (AvgIpc) is 2.65. The van der Waals surface area contributed by atoms with Gasteiger partial charge in [-0.05, 0) is 56.1 Å². The molecular formula is C18H27N3O4S. The number of sulfonamides is 1. The first kappa shape index (κ1) is 19.3. The van der Waals surface area contributed by atoms with Crippen LogP contribution in [-0.4, -0.2) is 69.5 Å². The fourth-order valence-corrected chi connectivity index (χ4v) is 4.68. The van der Waals surface area contributed by atoms with Crippen LogP contribution in [0, 0.1) is 5.92 Å². The average molecular weight is 381 g/mol. The molecule has 2 aliphatic rings. The van der Waals surface area contributed by atoms with Crippen LogP contribution in [0.3, 0.4) is 0 Å². The molecule has 2 aliphatic heterocycles. The Balaban J connectivity index is 1.56. The Morgan fingerprint density at radius 3 is 2.35 bits per heavy atom. The third kappa shape index (κ3) is 4.82. The van der Waals surface area contributed by atoms with Gasteiger partial charge in [0.25, 0.3) is 0 Å². The highest BCUT2D eigenvalue weighted by molar-refractivity contribution is 7.89. The molecule has 144 valence electrons. The van der Waals surface area contributed by atoms with Crippen LogP contribution in [0.15, 0.2) is 29.2 Å². The molecule has 2 fully saturated rings. The molecule has 7 nitrogen and oxygen atoms in total. The van der Waals surface area contributed by atoms with Gasteiger partial charge in [-0.15, -0.1) is 0 Å². The van der Waals surface area contributed by atoms with Crippen molar-refractivity contribution in [2.75, 3.05) is 51.3 Å². The molecule has 2 heterocycles. The number of morpholine rings is 1. The number of piperidine rings is 1. The molecule has 0 aromatic heterocycles.